The second kappa shape index (κ2) is 57.5. The largest absolute Gasteiger partial charge is 0.382 e. The molecule has 1 aliphatic heterocycles. The fraction of sp³-hybridized carbons (Fsp3) is 0.960. The van der Waals surface area contributed by atoms with E-state index < -0.39 is 12.1 Å². The van der Waals surface area contributed by atoms with Crippen LogP contribution in [0.3, 0.4) is 0 Å². The lowest BCUT2D eigenvalue weighted by Gasteiger charge is -2.23. The molecule has 2 aliphatic carbocycles. The van der Waals surface area contributed by atoms with Crippen molar-refractivity contribution in [3.05, 3.63) is 12.7 Å². The van der Waals surface area contributed by atoms with Gasteiger partial charge in [-0.25, -0.2) is 13.2 Å². The zero-order valence-corrected chi connectivity index (χ0v) is 42.8. The highest BCUT2D eigenvalue weighted by Crippen LogP contribution is 2.48. The molecule has 0 aromatic carbocycles. The van der Waals surface area contributed by atoms with Crippen molar-refractivity contribution in [1.82, 2.24) is 4.90 Å². The molecule has 57 heavy (non-hydrogen) atoms. The van der Waals surface area contributed by atoms with Gasteiger partial charge in [0.15, 0.2) is 0 Å². The van der Waals surface area contributed by atoms with Crippen LogP contribution in [-0.4, -0.2) is 75.8 Å². The topological polar surface area (TPSA) is 30.9 Å². The van der Waals surface area contributed by atoms with Crippen molar-refractivity contribution in [2.75, 3.05) is 52.7 Å². The summed E-state index contributed by atoms with van der Waals surface area (Å²) in [7, 11) is 0. The van der Waals surface area contributed by atoms with Gasteiger partial charge in [-0.15, -0.1) is 6.58 Å². The van der Waals surface area contributed by atoms with Crippen LogP contribution in [0.15, 0.2) is 12.7 Å². The van der Waals surface area contributed by atoms with Gasteiger partial charge in [0, 0.05) is 32.2 Å². The summed E-state index contributed by atoms with van der Waals surface area (Å²) >= 11 is 0. The second-order valence-corrected chi connectivity index (χ2v) is 16.4. The van der Waals surface area contributed by atoms with Crippen LogP contribution in [0.2, 0.25) is 0 Å². The summed E-state index contributed by atoms with van der Waals surface area (Å²) < 4.78 is 49.1. The summed E-state index contributed by atoms with van der Waals surface area (Å²) in [4.78, 5) is 2.43. The fourth-order valence-electron chi connectivity index (χ4n) is 3.54. The Balaban J connectivity index is -0.0000000982. The van der Waals surface area contributed by atoms with Crippen LogP contribution in [0.25, 0.3) is 0 Å². The van der Waals surface area contributed by atoms with Gasteiger partial charge < -0.3 is 19.1 Å². The Kier molecular flexibility index (Phi) is 71.5. The molecule has 354 valence electrons. The molecular formula is C50H110F3NO3. The first-order valence-electron chi connectivity index (χ1n) is 23.8. The summed E-state index contributed by atoms with van der Waals surface area (Å²) in [6.07, 6.45) is 13.6. The summed E-state index contributed by atoms with van der Waals surface area (Å²) in [5, 5.41) is 0. The average molecular weight is 830 g/mol. The van der Waals surface area contributed by atoms with E-state index in [-0.39, 0.29) is 6.42 Å². The Morgan fingerprint density at radius 1 is 0.719 bits per heavy atom. The van der Waals surface area contributed by atoms with Gasteiger partial charge in [-0.3, -0.25) is 0 Å². The van der Waals surface area contributed by atoms with Crippen molar-refractivity contribution >= 4 is 0 Å². The van der Waals surface area contributed by atoms with Crippen molar-refractivity contribution in [2.24, 2.45) is 29.6 Å². The highest BCUT2D eigenvalue weighted by atomic mass is 19.3. The standard InChI is InChI=1S/C7H17N.C6H11F.C6H14O.C5H10O.C5H12O.C5H10.C5H12.C4H10.C4H8.C3H6F2/c1-4-7-8(5-2)6-3;1-3-5-4-6(5,2)7;1-4-5-7-6(2)3;1-2-5-3-6-4-5;1-3-5-6-4-2;1-2-5-3-4-5;1-4-5(2)3;1-4(2)3;1-3-4-2;1-2-3(4)5/h4-7H2,1-3H3;5H,3-4H2,1-2H3;6H,4-5H2,1-3H3;5H,2-4H2,1H3;3-5H2,1-2H3;5H,2-4H2,1H3;5H,4H2,1-3H3;4H,1-3H3;3H,1,4H2,2H3;3H,2H2,1H3. The quantitative estimate of drug-likeness (QED) is 0.115. The lowest BCUT2D eigenvalue weighted by Crippen LogP contribution is -2.26. The van der Waals surface area contributed by atoms with E-state index in [4.69, 9.17) is 14.2 Å². The number of rotatable bonds is 16. The summed E-state index contributed by atoms with van der Waals surface area (Å²) in [6.45, 7) is 53.6. The molecule has 3 rings (SSSR count). The van der Waals surface area contributed by atoms with Gasteiger partial charge in [-0.2, -0.15) is 0 Å². The van der Waals surface area contributed by atoms with E-state index in [2.05, 4.69) is 122 Å². The van der Waals surface area contributed by atoms with Gasteiger partial charge in [0.2, 0.25) is 6.43 Å². The minimum atomic E-state index is -2.12. The Morgan fingerprint density at radius 2 is 1.12 bits per heavy atom. The van der Waals surface area contributed by atoms with Gasteiger partial charge in [0.1, 0.15) is 5.67 Å². The smallest absolute Gasteiger partial charge is 0.238 e. The molecular weight excluding hydrogens is 720 g/mol. The molecule has 2 unspecified atom stereocenters. The predicted molar refractivity (Wildman–Crippen MR) is 254 cm³/mol. The monoisotopic (exact) mass is 830 g/mol. The van der Waals surface area contributed by atoms with Crippen molar-refractivity contribution in [2.45, 2.75) is 234 Å². The van der Waals surface area contributed by atoms with Gasteiger partial charge >= 0.3 is 0 Å². The molecule has 0 N–H and O–H groups in total. The van der Waals surface area contributed by atoms with Gasteiger partial charge in [-0.1, -0.05) is 149 Å². The lowest BCUT2D eigenvalue weighted by atomic mass is 10.1. The van der Waals surface area contributed by atoms with Crippen molar-refractivity contribution in [1.29, 1.82) is 0 Å². The van der Waals surface area contributed by atoms with Gasteiger partial charge in [0.25, 0.3) is 0 Å². The second-order valence-electron chi connectivity index (χ2n) is 16.4. The molecule has 1 heterocycles. The first kappa shape index (κ1) is 70.9. The molecule has 0 bridgehead atoms. The van der Waals surface area contributed by atoms with Crippen LogP contribution < -0.4 is 0 Å². The highest BCUT2D eigenvalue weighted by Gasteiger charge is 2.49. The molecule has 1 saturated heterocycles. The number of ether oxygens (including phenoxy) is 3. The van der Waals surface area contributed by atoms with E-state index in [1.165, 1.54) is 65.1 Å². The molecule has 0 aromatic rings. The maximum Gasteiger partial charge on any atom is 0.238 e. The molecule has 7 heteroatoms. The SMILES string of the molecule is C=CCC.CC(C)C.CCC(C)C.CCC(F)F.CCC1CC1.CCC1CC1(C)F.CCC1COC1.CCCN(CC)CC.CCCOC(C)C.CCCOCC. The molecule has 0 aromatic heterocycles. The van der Waals surface area contributed by atoms with Crippen LogP contribution >= 0.6 is 0 Å². The molecule has 0 spiro atoms. The Bertz CT molecular complexity index is 645. The number of hydrogen-bond donors (Lipinski definition) is 0. The Labute approximate surface area is 360 Å². The molecule has 2 atom stereocenters. The third kappa shape index (κ3) is 87.9. The van der Waals surface area contributed by atoms with Gasteiger partial charge in [-0.05, 0) is 110 Å². The molecule has 2 saturated carbocycles. The molecule has 0 amide bonds. The van der Waals surface area contributed by atoms with Crippen molar-refractivity contribution in [3.63, 3.8) is 0 Å². The first-order chi connectivity index (χ1) is 26.7. The first-order valence-corrected chi connectivity index (χ1v) is 23.8. The van der Waals surface area contributed by atoms with E-state index >= 15 is 0 Å². The summed E-state index contributed by atoms with van der Waals surface area (Å²) in [6, 6.07) is 0. The molecule has 3 aliphatic rings. The average Bonchev–Trinajstić information content (AvgIpc) is 4.10. The molecule has 4 nitrogen and oxygen atoms in total. The van der Waals surface area contributed by atoms with E-state index in [0.29, 0.717) is 12.0 Å². The maximum absolute atomic E-state index is 12.5. The minimum absolute atomic E-state index is 0.0278. The number of nitrogens with zero attached hydrogens (tertiary/aromatic N) is 1. The predicted octanol–water partition coefficient (Wildman–Crippen LogP) is 16.9. The van der Waals surface area contributed by atoms with Gasteiger partial charge in [0.05, 0.1) is 19.3 Å². The number of hydrogen-bond acceptors (Lipinski definition) is 4. The number of alkyl halides is 3. The maximum atomic E-state index is 12.5. The third-order valence-electron chi connectivity index (χ3n) is 8.44. The zero-order chi connectivity index (χ0) is 46.1. The summed E-state index contributed by atoms with van der Waals surface area (Å²) in [5.41, 5.74) is -0.783. The number of halogens is 3. The minimum Gasteiger partial charge on any atom is -0.382 e. The fourth-order valence-corrected chi connectivity index (χ4v) is 3.54. The van der Waals surface area contributed by atoms with Crippen LogP contribution in [0, 0.1) is 29.6 Å². The van der Waals surface area contributed by atoms with Crippen molar-refractivity contribution in [3.8, 4) is 0 Å². The normalized spacial score (nSPS) is 17.0. The van der Waals surface area contributed by atoms with E-state index in [0.717, 1.165) is 88.8 Å². The van der Waals surface area contributed by atoms with Crippen LogP contribution in [0.4, 0.5) is 13.2 Å². The van der Waals surface area contributed by atoms with Crippen LogP contribution in [-0.2, 0) is 14.2 Å². The lowest BCUT2D eigenvalue weighted by molar-refractivity contribution is -0.0331. The number of allylic oxidation sites excluding steroid dienone is 1. The third-order valence-corrected chi connectivity index (χ3v) is 8.44. The highest BCUT2D eigenvalue weighted by molar-refractivity contribution is 4.98. The zero-order valence-electron chi connectivity index (χ0n) is 42.8. The molecule has 0 radical (unpaired) electrons. The van der Waals surface area contributed by atoms with E-state index in [9.17, 15) is 13.2 Å². The van der Waals surface area contributed by atoms with Crippen LogP contribution in [0.1, 0.15) is 216 Å². The van der Waals surface area contributed by atoms with Crippen molar-refractivity contribution < 1.29 is 27.4 Å². The van der Waals surface area contributed by atoms with E-state index in [1.807, 2.05) is 19.9 Å². The summed E-state index contributed by atoms with van der Waals surface area (Å²) in [5.74, 6) is 4.13. The molecule has 3 fully saturated rings. The Morgan fingerprint density at radius 3 is 1.18 bits per heavy atom. The van der Waals surface area contributed by atoms with E-state index in [1.54, 1.807) is 6.92 Å². The van der Waals surface area contributed by atoms with Crippen LogP contribution in [0.5, 0.6) is 0 Å². The Hall–Kier alpha value is -0.630.